The van der Waals surface area contributed by atoms with Crippen LogP contribution < -0.4 is 0 Å². The van der Waals surface area contributed by atoms with E-state index in [2.05, 4.69) is 31.0 Å². The maximum atomic E-state index is 11.0. The SMILES string of the molecule is CC(=O)CC(C)N(C)Cc1ccccc1. The van der Waals surface area contributed by atoms with Gasteiger partial charge in [-0.25, -0.2) is 0 Å². The normalized spacial score (nSPS) is 12.8. The predicted octanol–water partition coefficient (Wildman–Crippen LogP) is 2.49. The molecule has 0 fully saturated rings. The Balaban J connectivity index is 2.48. The summed E-state index contributed by atoms with van der Waals surface area (Å²) in [6.45, 7) is 4.63. The molecule has 1 aromatic rings. The van der Waals surface area contributed by atoms with Crippen molar-refractivity contribution in [1.82, 2.24) is 4.90 Å². The Morgan fingerprint density at radius 1 is 1.33 bits per heavy atom. The van der Waals surface area contributed by atoms with Crippen LogP contribution >= 0.6 is 0 Å². The molecule has 0 aliphatic carbocycles. The lowest BCUT2D eigenvalue weighted by atomic mass is 10.1. The fourth-order valence-electron chi connectivity index (χ4n) is 1.60. The molecule has 1 unspecified atom stereocenters. The Kier molecular flexibility index (Phi) is 4.50. The van der Waals surface area contributed by atoms with Gasteiger partial charge in [0.25, 0.3) is 0 Å². The highest BCUT2D eigenvalue weighted by Crippen LogP contribution is 2.08. The van der Waals surface area contributed by atoms with E-state index in [4.69, 9.17) is 0 Å². The molecule has 0 aromatic heterocycles. The summed E-state index contributed by atoms with van der Waals surface area (Å²) in [5.41, 5.74) is 1.29. The van der Waals surface area contributed by atoms with E-state index < -0.39 is 0 Å². The molecule has 0 spiro atoms. The molecule has 0 N–H and O–H groups in total. The van der Waals surface area contributed by atoms with Crippen LogP contribution in [0.1, 0.15) is 25.8 Å². The van der Waals surface area contributed by atoms with E-state index in [0.717, 1.165) is 6.54 Å². The van der Waals surface area contributed by atoms with Gasteiger partial charge in [0, 0.05) is 19.0 Å². The van der Waals surface area contributed by atoms with Crippen molar-refractivity contribution in [3.63, 3.8) is 0 Å². The van der Waals surface area contributed by atoms with Gasteiger partial charge in [-0.1, -0.05) is 30.3 Å². The molecule has 0 aliphatic heterocycles. The Morgan fingerprint density at radius 3 is 2.47 bits per heavy atom. The third kappa shape index (κ3) is 4.26. The van der Waals surface area contributed by atoms with E-state index in [1.807, 2.05) is 18.2 Å². The first-order chi connectivity index (χ1) is 7.09. The highest BCUT2D eigenvalue weighted by Gasteiger charge is 2.11. The molecule has 0 heterocycles. The quantitative estimate of drug-likeness (QED) is 0.736. The zero-order valence-corrected chi connectivity index (χ0v) is 9.73. The number of rotatable bonds is 5. The smallest absolute Gasteiger partial charge is 0.131 e. The standard InChI is InChI=1S/C13H19NO/c1-11(9-12(2)15)14(3)10-13-7-5-4-6-8-13/h4-8,11H,9-10H2,1-3H3. The van der Waals surface area contributed by atoms with Crippen molar-refractivity contribution in [3.05, 3.63) is 35.9 Å². The third-order valence-corrected chi connectivity index (χ3v) is 2.61. The van der Waals surface area contributed by atoms with Gasteiger partial charge >= 0.3 is 0 Å². The summed E-state index contributed by atoms with van der Waals surface area (Å²) >= 11 is 0. The van der Waals surface area contributed by atoms with Crippen LogP contribution in [0.4, 0.5) is 0 Å². The monoisotopic (exact) mass is 205 g/mol. The lowest BCUT2D eigenvalue weighted by molar-refractivity contribution is -0.118. The van der Waals surface area contributed by atoms with Gasteiger partial charge in [-0.15, -0.1) is 0 Å². The number of ketones is 1. The van der Waals surface area contributed by atoms with Crippen LogP contribution in [0.5, 0.6) is 0 Å². The number of Topliss-reactive ketones (excluding diaryl/α,β-unsaturated/α-hetero) is 1. The summed E-state index contributed by atoms with van der Waals surface area (Å²) in [6.07, 6.45) is 0.628. The lowest BCUT2D eigenvalue weighted by Crippen LogP contribution is -2.30. The molecule has 1 atom stereocenters. The van der Waals surface area contributed by atoms with E-state index >= 15 is 0 Å². The van der Waals surface area contributed by atoms with E-state index in [1.165, 1.54) is 5.56 Å². The van der Waals surface area contributed by atoms with Crippen LogP contribution in [-0.4, -0.2) is 23.8 Å². The predicted molar refractivity (Wildman–Crippen MR) is 62.7 cm³/mol. The molecule has 0 amide bonds. The number of carbonyl (C=O) groups excluding carboxylic acids is 1. The molecule has 15 heavy (non-hydrogen) atoms. The fourth-order valence-corrected chi connectivity index (χ4v) is 1.60. The van der Waals surface area contributed by atoms with Gasteiger partial charge in [0.1, 0.15) is 5.78 Å². The molecule has 2 heteroatoms. The van der Waals surface area contributed by atoms with Crippen molar-refractivity contribution in [1.29, 1.82) is 0 Å². The second kappa shape index (κ2) is 5.66. The van der Waals surface area contributed by atoms with Crippen LogP contribution in [-0.2, 0) is 11.3 Å². The molecular formula is C13H19NO. The van der Waals surface area contributed by atoms with Gasteiger partial charge < -0.3 is 0 Å². The minimum atomic E-state index is 0.252. The Labute approximate surface area is 91.9 Å². The van der Waals surface area contributed by atoms with E-state index in [9.17, 15) is 4.79 Å². The Bertz CT molecular complexity index is 308. The molecule has 0 radical (unpaired) electrons. The fraction of sp³-hybridized carbons (Fsp3) is 0.462. The van der Waals surface area contributed by atoms with Gasteiger partial charge in [0.05, 0.1) is 0 Å². The molecule has 82 valence electrons. The minimum Gasteiger partial charge on any atom is -0.300 e. The van der Waals surface area contributed by atoms with Gasteiger partial charge in [-0.05, 0) is 26.5 Å². The molecule has 2 nitrogen and oxygen atoms in total. The summed E-state index contributed by atoms with van der Waals surface area (Å²) in [5, 5.41) is 0. The third-order valence-electron chi connectivity index (χ3n) is 2.61. The second-order valence-electron chi connectivity index (χ2n) is 4.16. The minimum absolute atomic E-state index is 0.252. The maximum Gasteiger partial charge on any atom is 0.131 e. The van der Waals surface area contributed by atoms with Crippen molar-refractivity contribution in [3.8, 4) is 0 Å². The molecule has 1 aromatic carbocycles. The van der Waals surface area contributed by atoms with Crippen LogP contribution in [0.15, 0.2) is 30.3 Å². The maximum absolute atomic E-state index is 11.0. The molecule has 0 aliphatic rings. The Morgan fingerprint density at radius 2 is 1.93 bits per heavy atom. The summed E-state index contributed by atoms with van der Waals surface area (Å²) in [4.78, 5) is 13.2. The van der Waals surface area contributed by atoms with Gasteiger partial charge in [-0.3, -0.25) is 9.69 Å². The first kappa shape index (κ1) is 11.9. The van der Waals surface area contributed by atoms with Crippen molar-refractivity contribution in [2.24, 2.45) is 0 Å². The van der Waals surface area contributed by atoms with Crippen LogP contribution in [0, 0.1) is 0 Å². The van der Waals surface area contributed by atoms with Crippen LogP contribution in [0.25, 0.3) is 0 Å². The number of nitrogens with zero attached hydrogens (tertiary/aromatic N) is 1. The zero-order chi connectivity index (χ0) is 11.3. The van der Waals surface area contributed by atoms with E-state index in [-0.39, 0.29) is 5.78 Å². The number of carbonyl (C=O) groups is 1. The van der Waals surface area contributed by atoms with E-state index in [0.29, 0.717) is 12.5 Å². The molecule has 0 bridgehead atoms. The molecule has 1 rings (SSSR count). The molecule has 0 saturated heterocycles. The first-order valence-electron chi connectivity index (χ1n) is 5.33. The average Bonchev–Trinajstić information content (AvgIpc) is 2.18. The van der Waals surface area contributed by atoms with Gasteiger partial charge in [-0.2, -0.15) is 0 Å². The Hall–Kier alpha value is -1.15. The summed E-state index contributed by atoms with van der Waals surface area (Å²) in [7, 11) is 2.06. The van der Waals surface area contributed by atoms with Crippen LogP contribution in [0.3, 0.4) is 0 Å². The van der Waals surface area contributed by atoms with Crippen molar-refractivity contribution in [2.75, 3.05) is 7.05 Å². The van der Waals surface area contributed by atoms with Crippen molar-refractivity contribution in [2.45, 2.75) is 32.9 Å². The highest BCUT2D eigenvalue weighted by atomic mass is 16.1. The van der Waals surface area contributed by atoms with Crippen LogP contribution in [0.2, 0.25) is 0 Å². The topological polar surface area (TPSA) is 20.3 Å². The number of hydrogen-bond donors (Lipinski definition) is 0. The molecule has 0 saturated carbocycles. The number of benzene rings is 1. The highest BCUT2D eigenvalue weighted by molar-refractivity contribution is 5.76. The lowest BCUT2D eigenvalue weighted by Gasteiger charge is -2.23. The number of hydrogen-bond acceptors (Lipinski definition) is 2. The average molecular weight is 205 g/mol. The van der Waals surface area contributed by atoms with E-state index in [1.54, 1.807) is 6.92 Å². The van der Waals surface area contributed by atoms with Crippen molar-refractivity contribution < 1.29 is 4.79 Å². The summed E-state index contributed by atoms with van der Waals surface area (Å²) in [6, 6.07) is 10.6. The van der Waals surface area contributed by atoms with Gasteiger partial charge in [0.15, 0.2) is 0 Å². The zero-order valence-electron chi connectivity index (χ0n) is 9.73. The summed E-state index contributed by atoms with van der Waals surface area (Å²) in [5.74, 6) is 0.252. The molecular weight excluding hydrogens is 186 g/mol. The second-order valence-corrected chi connectivity index (χ2v) is 4.16. The summed E-state index contributed by atoms with van der Waals surface area (Å²) < 4.78 is 0. The van der Waals surface area contributed by atoms with Gasteiger partial charge in [0.2, 0.25) is 0 Å². The largest absolute Gasteiger partial charge is 0.300 e. The van der Waals surface area contributed by atoms with Crippen molar-refractivity contribution >= 4 is 5.78 Å². The first-order valence-corrected chi connectivity index (χ1v) is 5.33.